The van der Waals surface area contributed by atoms with Crippen molar-refractivity contribution in [2.24, 2.45) is 0 Å². The van der Waals surface area contributed by atoms with E-state index in [9.17, 15) is 4.39 Å². The van der Waals surface area contributed by atoms with Crippen molar-refractivity contribution in [3.63, 3.8) is 0 Å². The van der Waals surface area contributed by atoms with E-state index in [2.05, 4.69) is 21.0 Å². The Kier molecular flexibility index (Phi) is 4.01. The van der Waals surface area contributed by atoms with Gasteiger partial charge in [0.15, 0.2) is 0 Å². The van der Waals surface area contributed by atoms with Gasteiger partial charge in [-0.2, -0.15) is 5.26 Å². The molecule has 0 saturated carbocycles. The maximum Gasteiger partial charge on any atom is 0.240 e. The van der Waals surface area contributed by atoms with Gasteiger partial charge in [-0.05, 0) is 25.1 Å². The highest BCUT2D eigenvalue weighted by Gasteiger charge is 2.19. The molecule has 0 saturated heterocycles. The van der Waals surface area contributed by atoms with Crippen LogP contribution in [0, 0.1) is 24.1 Å². The smallest absolute Gasteiger partial charge is 0.240 e. The summed E-state index contributed by atoms with van der Waals surface area (Å²) in [5.41, 5.74) is 4.06. The molecular formula is C20H14FN5O. The topological polar surface area (TPSA) is 76.1 Å². The van der Waals surface area contributed by atoms with Crippen molar-refractivity contribution in [1.29, 1.82) is 5.26 Å². The van der Waals surface area contributed by atoms with Crippen molar-refractivity contribution >= 4 is 5.52 Å². The molecule has 0 aliphatic carbocycles. The Morgan fingerprint density at radius 1 is 1.15 bits per heavy atom. The predicted molar refractivity (Wildman–Crippen MR) is 97.6 cm³/mol. The van der Waals surface area contributed by atoms with Gasteiger partial charge in [0.1, 0.15) is 11.3 Å². The minimum absolute atomic E-state index is 0.321. The molecule has 1 aromatic carbocycles. The van der Waals surface area contributed by atoms with E-state index in [1.807, 2.05) is 0 Å². The molecule has 0 fully saturated rings. The summed E-state index contributed by atoms with van der Waals surface area (Å²) in [4.78, 5) is 13.0. The minimum Gasteiger partial charge on any atom is -0.479 e. The lowest BCUT2D eigenvalue weighted by atomic mass is 10.0. The average molecular weight is 359 g/mol. The van der Waals surface area contributed by atoms with Gasteiger partial charge < -0.3 is 4.74 Å². The number of ether oxygens (including phenoxy) is 1. The molecule has 6 nitrogen and oxygen atoms in total. The monoisotopic (exact) mass is 359 g/mol. The largest absolute Gasteiger partial charge is 0.479 e. The fourth-order valence-corrected chi connectivity index (χ4v) is 2.92. The van der Waals surface area contributed by atoms with Crippen molar-refractivity contribution in [2.45, 2.75) is 6.92 Å². The van der Waals surface area contributed by atoms with Crippen LogP contribution in [0.4, 0.5) is 4.39 Å². The minimum atomic E-state index is -0.401. The molecule has 3 heterocycles. The predicted octanol–water partition coefficient (Wildman–Crippen LogP) is 3.79. The van der Waals surface area contributed by atoms with Gasteiger partial charge >= 0.3 is 0 Å². The summed E-state index contributed by atoms with van der Waals surface area (Å²) in [5.74, 6) is -0.00138. The van der Waals surface area contributed by atoms with Crippen molar-refractivity contribution < 1.29 is 9.13 Å². The fourth-order valence-electron chi connectivity index (χ4n) is 2.92. The molecule has 0 spiro atoms. The van der Waals surface area contributed by atoms with E-state index in [1.54, 1.807) is 54.3 Å². The Bertz CT molecular complexity index is 1190. The highest BCUT2D eigenvalue weighted by molar-refractivity contribution is 5.82. The summed E-state index contributed by atoms with van der Waals surface area (Å²) >= 11 is 0. The zero-order valence-electron chi connectivity index (χ0n) is 14.6. The Morgan fingerprint density at radius 3 is 2.59 bits per heavy atom. The fraction of sp³-hybridized carbons (Fsp3) is 0.100. The van der Waals surface area contributed by atoms with Crippen LogP contribution < -0.4 is 4.74 Å². The second kappa shape index (κ2) is 6.50. The van der Waals surface area contributed by atoms with E-state index in [1.165, 1.54) is 13.2 Å². The number of fused-ring (bicyclic) bond motifs is 1. The number of rotatable bonds is 3. The molecule has 0 aliphatic rings. The van der Waals surface area contributed by atoms with Gasteiger partial charge in [-0.1, -0.05) is 12.1 Å². The quantitative estimate of drug-likeness (QED) is 0.556. The molecule has 7 heteroatoms. The van der Waals surface area contributed by atoms with Gasteiger partial charge in [-0.15, -0.1) is 0 Å². The van der Waals surface area contributed by atoms with Crippen LogP contribution in [0.3, 0.4) is 0 Å². The van der Waals surface area contributed by atoms with Gasteiger partial charge in [0, 0.05) is 17.3 Å². The Labute approximate surface area is 154 Å². The Hall–Kier alpha value is -3.79. The number of halogens is 1. The third kappa shape index (κ3) is 2.77. The molecule has 0 aliphatic heterocycles. The number of nitriles is 1. The molecule has 0 N–H and O–H groups in total. The van der Waals surface area contributed by atoms with Crippen LogP contribution in [-0.4, -0.2) is 26.5 Å². The zero-order chi connectivity index (χ0) is 19.0. The maximum absolute atomic E-state index is 14.2. The van der Waals surface area contributed by atoms with Crippen LogP contribution >= 0.6 is 0 Å². The van der Waals surface area contributed by atoms with Crippen LogP contribution in [-0.2, 0) is 0 Å². The van der Waals surface area contributed by atoms with Crippen LogP contribution in [0.1, 0.15) is 11.3 Å². The highest BCUT2D eigenvalue weighted by Crippen LogP contribution is 2.35. The Balaban J connectivity index is 2.06. The van der Waals surface area contributed by atoms with Crippen LogP contribution in [0.15, 0.2) is 49.1 Å². The molecule has 0 radical (unpaired) electrons. The summed E-state index contributed by atoms with van der Waals surface area (Å²) in [6.07, 6.45) is 4.87. The first kappa shape index (κ1) is 16.7. The average Bonchev–Trinajstić information content (AvgIpc) is 3.19. The third-order valence-electron chi connectivity index (χ3n) is 4.32. The molecule has 0 amide bonds. The van der Waals surface area contributed by atoms with Crippen LogP contribution in [0.5, 0.6) is 5.88 Å². The summed E-state index contributed by atoms with van der Waals surface area (Å²) < 4.78 is 21.4. The third-order valence-corrected chi connectivity index (χ3v) is 4.32. The number of hydrogen-bond donors (Lipinski definition) is 0. The number of hydrogen-bond acceptors (Lipinski definition) is 5. The van der Waals surface area contributed by atoms with Crippen molar-refractivity contribution in [2.75, 3.05) is 7.11 Å². The first-order valence-electron chi connectivity index (χ1n) is 8.15. The normalized spacial score (nSPS) is 10.7. The summed E-state index contributed by atoms with van der Waals surface area (Å²) in [6.45, 7) is 1.61. The Morgan fingerprint density at radius 2 is 1.93 bits per heavy atom. The second-order valence-corrected chi connectivity index (χ2v) is 5.95. The number of imidazole rings is 1. The van der Waals surface area contributed by atoms with Gasteiger partial charge in [0.05, 0.1) is 48.3 Å². The highest BCUT2D eigenvalue weighted by atomic mass is 19.1. The van der Waals surface area contributed by atoms with E-state index in [0.29, 0.717) is 39.6 Å². The maximum atomic E-state index is 14.2. The van der Waals surface area contributed by atoms with Gasteiger partial charge in [0.2, 0.25) is 5.88 Å². The number of methoxy groups -OCH3 is 1. The van der Waals surface area contributed by atoms with Gasteiger partial charge in [-0.25, -0.2) is 14.4 Å². The lowest BCUT2D eigenvalue weighted by molar-refractivity contribution is 0.402. The second-order valence-electron chi connectivity index (χ2n) is 5.95. The zero-order valence-corrected chi connectivity index (χ0v) is 14.6. The molecule has 4 aromatic rings. The molecular weight excluding hydrogens is 345 g/mol. The summed E-state index contributed by atoms with van der Waals surface area (Å²) in [5, 5.41) is 9.04. The number of aromatic nitrogens is 4. The van der Waals surface area contributed by atoms with Crippen LogP contribution in [0.2, 0.25) is 0 Å². The molecule has 0 atom stereocenters. The summed E-state index contributed by atoms with van der Waals surface area (Å²) in [6, 6.07) is 10.5. The van der Waals surface area contributed by atoms with Crippen molar-refractivity contribution in [3.8, 4) is 34.5 Å². The molecule has 4 rings (SSSR count). The number of pyridine rings is 1. The van der Waals surface area contributed by atoms with E-state index in [0.717, 1.165) is 5.56 Å². The molecule has 132 valence electrons. The summed E-state index contributed by atoms with van der Waals surface area (Å²) in [7, 11) is 1.53. The van der Waals surface area contributed by atoms with Crippen molar-refractivity contribution in [1.82, 2.24) is 19.4 Å². The molecule has 0 unspecified atom stereocenters. The first-order valence-corrected chi connectivity index (χ1v) is 8.15. The van der Waals surface area contributed by atoms with E-state index in [4.69, 9.17) is 10.00 Å². The first-order chi connectivity index (χ1) is 13.1. The number of aryl methyl sites for hydroxylation is 1. The van der Waals surface area contributed by atoms with E-state index >= 15 is 0 Å². The SMILES string of the molecule is COc1nc(-c2ccc(C#N)cc2)c(-c2cnc(C)c(F)c2)n2cncc12. The molecule has 0 bridgehead atoms. The molecule has 3 aromatic heterocycles. The van der Waals surface area contributed by atoms with Crippen molar-refractivity contribution in [3.05, 3.63) is 66.1 Å². The van der Waals surface area contributed by atoms with Crippen LogP contribution in [0.25, 0.3) is 28.0 Å². The van der Waals surface area contributed by atoms with Gasteiger partial charge in [-0.3, -0.25) is 9.38 Å². The van der Waals surface area contributed by atoms with E-state index < -0.39 is 5.82 Å². The lowest BCUT2D eigenvalue weighted by Crippen LogP contribution is -2.02. The number of benzene rings is 1. The van der Waals surface area contributed by atoms with E-state index in [-0.39, 0.29) is 0 Å². The lowest BCUT2D eigenvalue weighted by Gasteiger charge is -2.15. The standard InChI is InChI=1S/C20H14FN5O/c1-12-16(21)7-15(9-24-12)19-18(14-5-3-13(8-22)4-6-14)25-20(27-2)17-10-23-11-26(17)19/h3-7,9-11H,1-2H3. The van der Waals surface area contributed by atoms with Gasteiger partial charge in [0.25, 0.3) is 0 Å². The number of nitrogens with zero attached hydrogens (tertiary/aromatic N) is 5. The molecule has 27 heavy (non-hydrogen) atoms.